The van der Waals surface area contributed by atoms with E-state index < -0.39 is 0 Å². The number of benzene rings is 2. The molecule has 0 fully saturated rings. The summed E-state index contributed by atoms with van der Waals surface area (Å²) in [5, 5.41) is 4.97. The third-order valence-corrected chi connectivity index (χ3v) is 5.46. The molecule has 0 atom stereocenters. The van der Waals surface area contributed by atoms with Crippen LogP contribution in [-0.2, 0) is 17.8 Å². The van der Waals surface area contributed by atoms with Gasteiger partial charge in [0.2, 0.25) is 5.91 Å². The standard InChI is InChI=1S/C20H16BrN3OS/c21-16-8-4-5-14(9-16)11-22-19(25)10-17-13-26-20-23-18(12-24(17)20)15-6-2-1-3-7-15/h1-9,12-13H,10-11H2,(H,22,25). The fourth-order valence-electron chi connectivity index (χ4n) is 2.78. The van der Waals surface area contributed by atoms with E-state index in [9.17, 15) is 4.79 Å². The van der Waals surface area contributed by atoms with Crippen molar-refractivity contribution in [2.75, 3.05) is 0 Å². The molecule has 130 valence electrons. The van der Waals surface area contributed by atoms with Gasteiger partial charge in [0.1, 0.15) is 0 Å². The van der Waals surface area contributed by atoms with Gasteiger partial charge in [0.05, 0.1) is 12.1 Å². The van der Waals surface area contributed by atoms with Gasteiger partial charge in [-0.3, -0.25) is 9.20 Å². The number of halogens is 1. The Balaban J connectivity index is 1.47. The van der Waals surface area contributed by atoms with E-state index in [0.717, 1.165) is 31.9 Å². The number of carbonyl (C=O) groups is 1. The second-order valence-electron chi connectivity index (χ2n) is 5.96. The summed E-state index contributed by atoms with van der Waals surface area (Å²) in [5.41, 5.74) is 4.02. The van der Waals surface area contributed by atoms with E-state index in [1.165, 1.54) is 0 Å². The van der Waals surface area contributed by atoms with E-state index in [-0.39, 0.29) is 5.91 Å². The molecule has 6 heteroatoms. The number of thiazole rings is 1. The van der Waals surface area contributed by atoms with Gasteiger partial charge >= 0.3 is 0 Å². The van der Waals surface area contributed by atoms with E-state index in [2.05, 4.69) is 26.2 Å². The molecule has 0 bridgehead atoms. The van der Waals surface area contributed by atoms with Gasteiger partial charge in [-0.1, -0.05) is 58.4 Å². The molecule has 0 radical (unpaired) electrons. The van der Waals surface area contributed by atoms with E-state index in [0.29, 0.717) is 13.0 Å². The third kappa shape index (κ3) is 3.71. The lowest BCUT2D eigenvalue weighted by Crippen LogP contribution is -2.24. The van der Waals surface area contributed by atoms with Crippen molar-refractivity contribution < 1.29 is 4.79 Å². The summed E-state index contributed by atoms with van der Waals surface area (Å²) in [6.45, 7) is 0.519. The van der Waals surface area contributed by atoms with Gasteiger partial charge in [-0.25, -0.2) is 4.98 Å². The van der Waals surface area contributed by atoms with Gasteiger partial charge in [0, 0.05) is 33.9 Å². The van der Waals surface area contributed by atoms with Gasteiger partial charge in [-0.05, 0) is 17.7 Å². The first kappa shape index (κ1) is 17.0. The van der Waals surface area contributed by atoms with Crippen LogP contribution in [-0.4, -0.2) is 15.3 Å². The number of fused-ring (bicyclic) bond motifs is 1. The van der Waals surface area contributed by atoms with Crippen LogP contribution in [0.2, 0.25) is 0 Å². The number of aromatic nitrogens is 2. The number of carbonyl (C=O) groups excluding carboxylic acids is 1. The van der Waals surface area contributed by atoms with Crippen molar-refractivity contribution in [3.8, 4) is 11.3 Å². The molecule has 0 spiro atoms. The Hall–Kier alpha value is -2.44. The summed E-state index contributed by atoms with van der Waals surface area (Å²) in [6.07, 6.45) is 2.33. The van der Waals surface area contributed by atoms with Gasteiger partial charge in [-0.15, -0.1) is 11.3 Å². The maximum absolute atomic E-state index is 12.3. The average Bonchev–Trinajstić information content (AvgIpc) is 3.23. The number of nitrogens with zero attached hydrogens (tertiary/aromatic N) is 2. The molecule has 1 N–H and O–H groups in total. The smallest absolute Gasteiger partial charge is 0.226 e. The first-order valence-electron chi connectivity index (χ1n) is 8.21. The number of hydrogen-bond donors (Lipinski definition) is 1. The molecular formula is C20H16BrN3OS. The summed E-state index contributed by atoms with van der Waals surface area (Å²) >= 11 is 5.00. The molecule has 0 aliphatic rings. The molecule has 2 aromatic carbocycles. The van der Waals surface area contributed by atoms with Crippen LogP contribution in [0.25, 0.3) is 16.2 Å². The summed E-state index contributed by atoms with van der Waals surface area (Å²) in [4.78, 5) is 17.9. The second-order valence-corrected chi connectivity index (χ2v) is 7.71. The Morgan fingerprint density at radius 2 is 2.00 bits per heavy atom. The number of imidazole rings is 1. The lowest BCUT2D eigenvalue weighted by Gasteiger charge is -2.05. The maximum Gasteiger partial charge on any atom is 0.226 e. The van der Waals surface area contributed by atoms with Crippen LogP contribution >= 0.6 is 27.3 Å². The van der Waals surface area contributed by atoms with Gasteiger partial charge in [0.25, 0.3) is 0 Å². The Morgan fingerprint density at radius 3 is 2.81 bits per heavy atom. The van der Waals surface area contributed by atoms with Crippen molar-refractivity contribution in [2.24, 2.45) is 0 Å². The van der Waals surface area contributed by atoms with Crippen molar-refractivity contribution in [2.45, 2.75) is 13.0 Å². The van der Waals surface area contributed by atoms with Crippen molar-refractivity contribution in [1.82, 2.24) is 14.7 Å². The topological polar surface area (TPSA) is 46.4 Å². The fraction of sp³-hybridized carbons (Fsp3) is 0.100. The van der Waals surface area contributed by atoms with Crippen LogP contribution in [0, 0.1) is 0 Å². The van der Waals surface area contributed by atoms with E-state index in [1.807, 2.05) is 70.6 Å². The highest BCUT2D eigenvalue weighted by molar-refractivity contribution is 9.10. The van der Waals surface area contributed by atoms with Crippen LogP contribution < -0.4 is 5.32 Å². The molecule has 0 unspecified atom stereocenters. The van der Waals surface area contributed by atoms with Crippen LogP contribution in [0.1, 0.15) is 11.3 Å². The molecule has 0 aliphatic carbocycles. The molecule has 0 aliphatic heterocycles. The predicted octanol–water partition coefficient (Wildman–Crippen LogP) is 4.68. The van der Waals surface area contributed by atoms with Crippen molar-refractivity contribution in [3.05, 3.63) is 81.9 Å². The Kier molecular flexibility index (Phi) is 4.86. The Bertz CT molecular complexity index is 1060. The minimum atomic E-state index is -0.000336. The zero-order chi connectivity index (χ0) is 17.9. The van der Waals surface area contributed by atoms with E-state index in [4.69, 9.17) is 0 Å². The summed E-state index contributed by atoms with van der Waals surface area (Å²) < 4.78 is 3.02. The minimum Gasteiger partial charge on any atom is -0.352 e. The Morgan fingerprint density at radius 1 is 1.15 bits per heavy atom. The lowest BCUT2D eigenvalue weighted by molar-refractivity contribution is -0.120. The molecule has 4 nitrogen and oxygen atoms in total. The lowest BCUT2D eigenvalue weighted by atomic mass is 10.2. The summed E-state index contributed by atoms with van der Waals surface area (Å²) in [5.74, 6) is -0.000336. The summed E-state index contributed by atoms with van der Waals surface area (Å²) in [6, 6.07) is 18.0. The average molecular weight is 426 g/mol. The number of nitrogens with one attached hydrogen (secondary N) is 1. The van der Waals surface area contributed by atoms with Crippen molar-refractivity contribution in [3.63, 3.8) is 0 Å². The summed E-state index contributed by atoms with van der Waals surface area (Å²) in [7, 11) is 0. The van der Waals surface area contributed by atoms with Crippen LogP contribution in [0.15, 0.2) is 70.6 Å². The molecular weight excluding hydrogens is 410 g/mol. The Labute approximate surface area is 163 Å². The van der Waals surface area contributed by atoms with E-state index >= 15 is 0 Å². The fourth-order valence-corrected chi connectivity index (χ4v) is 4.10. The maximum atomic E-state index is 12.3. The highest BCUT2D eigenvalue weighted by Gasteiger charge is 2.12. The highest BCUT2D eigenvalue weighted by atomic mass is 79.9. The van der Waals surface area contributed by atoms with Crippen LogP contribution in [0.4, 0.5) is 0 Å². The quantitative estimate of drug-likeness (QED) is 0.504. The largest absolute Gasteiger partial charge is 0.352 e. The number of amides is 1. The van der Waals surface area contributed by atoms with E-state index in [1.54, 1.807) is 11.3 Å². The van der Waals surface area contributed by atoms with Crippen LogP contribution in [0.5, 0.6) is 0 Å². The van der Waals surface area contributed by atoms with Crippen molar-refractivity contribution >= 4 is 38.1 Å². The first-order valence-corrected chi connectivity index (χ1v) is 9.88. The zero-order valence-electron chi connectivity index (χ0n) is 13.9. The zero-order valence-corrected chi connectivity index (χ0v) is 16.3. The monoisotopic (exact) mass is 425 g/mol. The predicted molar refractivity (Wildman–Crippen MR) is 108 cm³/mol. The van der Waals surface area contributed by atoms with Crippen LogP contribution in [0.3, 0.4) is 0 Å². The van der Waals surface area contributed by atoms with Gasteiger partial charge < -0.3 is 5.32 Å². The van der Waals surface area contributed by atoms with Gasteiger partial charge in [-0.2, -0.15) is 0 Å². The first-order chi connectivity index (χ1) is 12.7. The molecule has 2 aromatic heterocycles. The molecule has 1 amide bonds. The van der Waals surface area contributed by atoms with Crippen molar-refractivity contribution in [1.29, 1.82) is 0 Å². The number of rotatable bonds is 5. The molecule has 2 heterocycles. The van der Waals surface area contributed by atoms with Gasteiger partial charge in [0.15, 0.2) is 4.96 Å². The molecule has 4 aromatic rings. The molecule has 0 saturated carbocycles. The SMILES string of the molecule is O=C(Cc1csc2nc(-c3ccccc3)cn12)NCc1cccc(Br)c1. The normalized spacial score (nSPS) is 11.0. The second kappa shape index (κ2) is 7.43. The third-order valence-electron chi connectivity index (χ3n) is 4.07. The number of hydrogen-bond acceptors (Lipinski definition) is 3. The molecule has 4 rings (SSSR count). The molecule has 0 saturated heterocycles. The minimum absolute atomic E-state index is 0.000336. The highest BCUT2D eigenvalue weighted by Crippen LogP contribution is 2.23. The molecule has 26 heavy (non-hydrogen) atoms.